The number of thioether (sulfide) groups is 1. The molecule has 0 saturated heterocycles. The van der Waals surface area contributed by atoms with Crippen molar-refractivity contribution in [2.75, 3.05) is 17.7 Å². The van der Waals surface area contributed by atoms with Gasteiger partial charge in [-0.1, -0.05) is 6.42 Å². The summed E-state index contributed by atoms with van der Waals surface area (Å²) in [5.74, 6) is 1.78. The Bertz CT molecular complexity index is 480. The average Bonchev–Trinajstić information content (AvgIpc) is 2.81. The SMILES string of the molecule is CSCCCCCc1cnc(N)c2[nH]cnc12. The largest absolute Gasteiger partial charge is 0.382 e. The number of rotatable bonds is 6. The highest BCUT2D eigenvalue weighted by atomic mass is 32.2. The van der Waals surface area contributed by atoms with Gasteiger partial charge in [0.15, 0.2) is 0 Å². The van der Waals surface area contributed by atoms with Crippen LogP contribution in [0.2, 0.25) is 0 Å². The van der Waals surface area contributed by atoms with E-state index in [4.69, 9.17) is 5.73 Å². The number of aromatic amines is 1. The Balaban J connectivity index is 1.99. The molecule has 0 aliphatic rings. The van der Waals surface area contributed by atoms with Crippen molar-refractivity contribution in [3.8, 4) is 0 Å². The normalized spacial score (nSPS) is 11.1. The van der Waals surface area contributed by atoms with Crippen LogP contribution in [0.5, 0.6) is 0 Å². The van der Waals surface area contributed by atoms with Gasteiger partial charge in [0, 0.05) is 6.20 Å². The number of nitrogen functional groups attached to an aromatic ring is 1. The number of nitrogens with two attached hydrogens (primary N) is 1. The summed E-state index contributed by atoms with van der Waals surface area (Å²) in [4.78, 5) is 11.5. The number of pyridine rings is 1. The summed E-state index contributed by atoms with van der Waals surface area (Å²) < 4.78 is 0. The number of anilines is 1. The third-order valence-electron chi connectivity index (χ3n) is 2.85. The molecule has 2 aromatic heterocycles. The molecule has 2 heterocycles. The zero-order valence-corrected chi connectivity index (χ0v) is 10.9. The molecule has 0 aromatic carbocycles. The fourth-order valence-electron chi connectivity index (χ4n) is 1.93. The zero-order valence-electron chi connectivity index (χ0n) is 10.1. The molecule has 0 atom stereocenters. The van der Waals surface area contributed by atoms with E-state index < -0.39 is 0 Å². The van der Waals surface area contributed by atoms with E-state index in [-0.39, 0.29) is 0 Å². The number of hydrogen-bond acceptors (Lipinski definition) is 4. The number of nitrogens with zero attached hydrogens (tertiary/aromatic N) is 2. The molecule has 0 spiro atoms. The van der Waals surface area contributed by atoms with Gasteiger partial charge in [0.25, 0.3) is 0 Å². The van der Waals surface area contributed by atoms with Crippen molar-refractivity contribution < 1.29 is 0 Å². The Kier molecular flexibility index (Phi) is 4.25. The topological polar surface area (TPSA) is 67.6 Å². The lowest BCUT2D eigenvalue weighted by molar-refractivity contribution is 0.723. The number of imidazole rings is 1. The van der Waals surface area contributed by atoms with Crippen molar-refractivity contribution in [1.82, 2.24) is 15.0 Å². The Morgan fingerprint density at radius 1 is 1.29 bits per heavy atom. The van der Waals surface area contributed by atoms with Crippen LogP contribution < -0.4 is 5.73 Å². The summed E-state index contributed by atoms with van der Waals surface area (Å²) in [7, 11) is 0. The fraction of sp³-hybridized carbons (Fsp3) is 0.500. The lowest BCUT2D eigenvalue weighted by Gasteiger charge is -2.03. The molecule has 0 bridgehead atoms. The summed E-state index contributed by atoms with van der Waals surface area (Å²) in [5.41, 5.74) is 8.81. The highest BCUT2D eigenvalue weighted by molar-refractivity contribution is 7.98. The molecular formula is C12H18N4S. The molecule has 5 heteroatoms. The lowest BCUT2D eigenvalue weighted by Crippen LogP contribution is -1.96. The first-order valence-electron chi connectivity index (χ1n) is 5.88. The van der Waals surface area contributed by atoms with Crippen molar-refractivity contribution in [1.29, 1.82) is 0 Å². The van der Waals surface area contributed by atoms with E-state index in [1.807, 2.05) is 18.0 Å². The van der Waals surface area contributed by atoms with Crippen LogP contribution in [-0.4, -0.2) is 27.0 Å². The Hall–Kier alpha value is -1.23. The van der Waals surface area contributed by atoms with E-state index in [0.29, 0.717) is 5.82 Å². The standard InChI is InChI=1S/C12H18N4S/c1-17-6-4-2-3-5-9-7-14-12(13)11-10(9)15-8-16-11/h7-8H,2-6H2,1H3,(H2,13,14)(H,15,16). The third-order valence-corrected chi connectivity index (χ3v) is 3.55. The first-order chi connectivity index (χ1) is 8.33. The van der Waals surface area contributed by atoms with E-state index in [2.05, 4.69) is 21.2 Å². The number of aromatic nitrogens is 3. The molecule has 17 heavy (non-hydrogen) atoms. The first kappa shape index (κ1) is 12.2. The summed E-state index contributed by atoms with van der Waals surface area (Å²) in [6.45, 7) is 0. The minimum absolute atomic E-state index is 0.531. The summed E-state index contributed by atoms with van der Waals surface area (Å²) in [6.07, 6.45) is 10.5. The second-order valence-electron chi connectivity index (χ2n) is 4.10. The molecule has 92 valence electrons. The van der Waals surface area contributed by atoms with Crippen molar-refractivity contribution in [2.45, 2.75) is 25.7 Å². The second kappa shape index (κ2) is 5.91. The number of H-pyrrole nitrogens is 1. The van der Waals surface area contributed by atoms with E-state index in [1.165, 1.54) is 30.6 Å². The molecule has 2 aromatic rings. The minimum atomic E-state index is 0.531. The zero-order chi connectivity index (χ0) is 12.1. The number of fused-ring (bicyclic) bond motifs is 1. The molecular weight excluding hydrogens is 232 g/mol. The van der Waals surface area contributed by atoms with Crippen LogP contribution in [0.4, 0.5) is 5.82 Å². The van der Waals surface area contributed by atoms with Crippen LogP contribution in [0.3, 0.4) is 0 Å². The average molecular weight is 250 g/mol. The van der Waals surface area contributed by atoms with E-state index in [0.717, 1.165) is 17.5 Å². The first-order valence-corrected chi connectivity index (χ1v) is 7.27. The van der Waals surface area contributed by atoms with E-state index in [9.17, 15) is 0 Å². The highest BCUT2D eigenvalue weighted by Crippen LogP contribution is 2.20. The van der Waals surface area contributed by atoms with Gasteiger partial charge in [-0.15, -0.1) is 0 Å². The maximum absolute atomic E-state index is 5.78. The van der Waals surface area contributed by atoms with Crippen LogP contribution in [0.15, 0.2) is 12.5 Å². The van der Waals surface area contributed by atoms with Crippen molar-refractivity contribution >= 4 is 28.6 Å². The molecule has 0 unspecified atom stereocenters. The summed E-state index contributed by atoms with van der Waals surface area (Å²) in [5, 5.41) is 0. The molecule has 0 aliphatic heterocycles. The van der Waals surface area contributed by atoms with Crippen molar-refractivity contribution in [3.05, 3.63) is 18.1 Å². The predicted octanol–water partition coefficient (Wildman–Crippen LogP) is 2.62. The number of aryl methyl sites for hydroxylation is 1. The smallest absolute Gasteiger partial charge is 0.149 e. The third kappa shape index (κ3) is 2.91. The van der Waals surface area contributed by atoms with Crippen molar-refractivity contribution in [3.63, 3.8) is 0 Å². The molecule has 0 saturated carbocycles. The Morgan fingerprint density at radius 3 is 3.00 bits per heavy atom. The molecule has 2 rings (SSSR count). The van der Waals surface area contributed by atoms with Gasteiger partial charge in [0.05, 0.1) is 11.8 Å². The number of unbranched alkanes of at least 4 members (excludes halogenated alkanes) is 2. The van der Waals surface area contributed by atoms with Crippen LogP contribution in [0.25, 0.3) is 11.0 Å². The Labute approximate surface area is 105 Å². The Morgan fingerprint density at radius 2 is 2.18 bits per heavy atom. The number of nitrogens with one attached hydrogen (secondary N) is 1. The van der Waals surface area contributed by atoms with Crippen LogP contribution in [0.1, 0.15) is 24.8 Å². The van der Waals surface area contributed by atoms with Gasteiger partial charge in [-0.25, -0.2) is 9.97 Å². The molecule has 0 radical (unpaired) electrons. The van der Waals surface area contributed by atoms with Crippen LogP contribution in [-0.2, 0) is 6.42 Å². The summed E-state index contributed by atoms with van der Waals surface area (Å²) in [6, 6.07) is 0. The van der Waals surface area contributed by atoms with Crippen LogP contribution >= 0.6 is 11.8 Å². The van der Waals surface area contributed by atoms with Crippen LogP contribution in [0, 0.1) is 0 Å². The molecule has 0 fully saturated rings. The van der Waals surface area contributed by atoms with Gasteiger partial charge in [0.2, 0.25) is 0 Å². The fourth-order valence-corrected chi connectivity index (χ4v) is 2.42. The quantitative estimate of drug-likeness (QED) is 0.773. The van der Waals surface area contributed by atoms with Gasteiger partial charge in [-0.05, 0) is 36.8 Å². The molecule has 4 nitrogen and oxygen atoms in total. The van der Waals surface area contributed by atoms with E-state index >= 15 is 0 Å². The maximum atomic E-state index is 5.78. The van der Waals surface area contributed by atoms with Gasteiger partial charge >= 0.3 is 0 Å². The van der Waals surface area contributed by atoms with Gasteiger partial charge in [-0.3, -0.25) is 0 Å². The second-order valence-corrected chi connectivity index (χ2v) is 5.08. The van der Waals surface area contributed by atoms with E-state index in [1.54, 1.807) is 6.33 Å². The monoisotopic (exact) mass is 250 g/mol. The van der Waals surface area contributed by atoms with Gasteiger partial charge in [0.1, 0.15) is 11.3 Å². The molecule has 0 amide bonds. The van der Waals surface area contributed by atoms with Gasteiger partial charge in [-0.2, -0.15) is 11.8 Å². The van der Waals surface area contributed by atoms with Crippen molar-refractivity contribution in [2.24, 2.45) is 0 Å². The molecule has 0 aliphatic carbocycles. The minimum Gasteiger partial charge on any atom is -0.382 e. The summed E-state index contributed by atoms with van der Waals surface area (Å²) >= 11 is 1.91. The maximum Gasteiger partial charge on any atom is 0.149 e. The lowest BCUT2D eigenvalue weighted by atomic mass is 10.1. The predicted molar refractivity (Wildman–Crippen MR) is 74.2 cm³/mol. The number of hydrogen-bond donors (Lipinski definition) is 2. The highest BCUT2D eigenvalue weighted by Gasteiger charge is 2.07. The molecule has 3 N–H and O–H groups in total. The van der Waals surface area contributed by atoms with Gasteiger partial charge < -0.3 is 10.7 Å².